The second kappa shape index (κ2) is 5.96. The Bertz CT molecular complexity index is 718. The molecule has 22 heavy (non-hydrogen) atoms. The lowest BCUT2D eigenvalue weighted by Gasteiger charge is -2.30. The van der Waals surface area contributed by atoms with E-state index < -0.39 is 0 Å². The third-order valence-corrected chi connectivity index (χ3v) is 4.58. The highest BCUT2D eigenvalue weighted by atomic mass is 16.2. The second-order valence-electron chi connectivity index (χ2n) is 6.38. The van der Waals surface area contributed by atoms with Gasteiger partial charge in [0.2, 0.25) is 5.91 Å². The second-order valence-corrected chi connectivity index (χ2v) is 6.38. The van der Waals surface area contributed by atoms with Gasteiger partial charge in [-0.05, 0) is 61.9 Å². The Kier molecular flexibility index (Phi) is 4.02. The van der Waals surface area contributed by atoms with Crippen LogP contribution >= 0.6 is 0 Å². The molecule has 0 spiro atoms. The Labute approximate surface area is 132 Å². The summed E-state index contributed by atoms with van der Waals surface area (Å²) in [7, 11) is 0. The first kappa shape index (κ1) is 14.8. The fourth-order valence-electron chi connectivity index (χ4n) is 3.17. The minimum Gasteiger partial charge on any atom is -0.312 e. The van der Waals surface area contributed by atoms with Crippen LogP contribution in [0, 0.1) is 20.8 Å². The van der Waals surface area contributed by atoms with Gasteiger partial charge in [-0.15, -0.1) is 0 Å². The van der Waals surface area contributed by atoms with Crippen LogP contribution < -0.4 is 4.90 Å². The SMILES string of the molecule is Cc1ccc2c(c1)CCCN2C(=O)Cc1ccc(C)c(C)c1. The number of benzene rings is 2. The van der Waals surface area contributed by atoms with E-state index in [9.17, 15) is 4.79 Å². The first-order valence-corrected chi connectivity index (χ1v) is 8.00. The van der Waals surface area contributed by atoms with Gasteiger partial charge in [0.1, 0.15) is 0 Å². The Morgan fingerprint density at radius 2 is 1.86 bits per heavy atom. The summed E-state index contributed by atoms with van der Waals surface area (Å²) in [5.41, 5.74) is 7.30. The van der Waals surface area contributed by atoms with Crippen LogP contribution in [0.3, 0.4) is 0 Å². The van der Waals surface area contributed by atoms with E-state index in [2.05, 4.69) is 57.2 Å². The van der Waals surface area contributed by atoms with Gasteiger partial charge in [0.25, 0.3) is 0 Å². The van der Waals surface area contributed by atoms with Gasteiger partial charge in [0.05, 0.1) is 6.42 Å². The molecular formula is C20H23NO. The molecule has 1 amide bonds. The molecule has 0 unspecified atom stereocenters. The summed E-state index contributed by atoms with van der Waals surface area (Å²) in [6.07, 6.45) is 2.61. The summed E-state index contributed by atoms with van der Waals surface area (Å²) in [6, 6.07) is 12.7. The van der Waals surface area contributed by atoms with Crippen molar-refractivity contribution in [2.75, 3.05) is 11.4 Å². The third-order valence-electron chi connectivity index (χ3n) is 4.58. The molecule has 2 nitrogen and oxygen atoms in total. The zero-order chi connectivity index (χ0) is 15.7. The lowest BCUT2D eigenvalue weighted by atomic mass is 9.98. The molecule has 1 aliphatic heterocycles. The van der Waals surface area contributed by atoms with Crippen molar-refractivity contribution in [3.05, 3.63) is 64.2 Å². The summed E-state index contributed by atoms with van der Waals surface area (Å²) in [5, 5.41) is 0. The predicted octanol–water partition coefficient (Wildman–Crippen LogP) is 4.13. The first-order valence-electron chi connectivity index (χ1n) is 8.00. The molecule has 2 aromatic rings. The van der Waals surface area contributed by atoms with Crippen molar-refractivity contribution in [3.8, 4) is 0 Å². The first-order chi connectivity index (χ1) is 10.5. The lowest BCUT2D eigenvalue weighted by molar-refractivity contribution is -0.118. The fraction of sp³-hybridized carbons (Fsp3) is 0.350. The summed E-state index contributed by atoms with van der Waals surface area (Å²) in [5.74, 6) is 0.202. The average molecular weight is 293 g/mol. The van der Waals surface area contributed by atoms with Crippen LogP contribution in [0.2, 0.25) is 0 Å². The molecule has 2 heteroatoms. The number of carbonyl (C=O) groups is 1. The average Bonchev–Trinajstić information content (AvgIpc) is 2.50. The molecule has 1 aliphatic rings. The monoisotopic (exact) mass is 293 g/mol. The van der Waals surface area contributed by atoms with Gasteiger partial charge in [-0.2, -0.15) is 0 Å². The van der Waals surface area contributed by atoms with Crippen molar-refractivity contribution >= 4 is 11.6 Å². The zero-order valence-corrected chi connectivity index (χ0v) is 13.6. The molecule has 0 aliphatic carbocycles. The molecule has 0 saturated heterocycles. The molecule has 0 N–H and O–H groups in total. The van der Waals surface area contributed by atoms with E-state index >= 15 is 0 Å². The van der Waals surface area contributed by atoms with Crippen molar-refractivity contribution in [2.45, 2.75) is 40.0 Å². The van der Waals surface area contributed by atoms with E-state index in [1.165, 1.54) is 22.3 Å². The van der Waals surface area contributed by atoms with Gasteiger partial charge in [-0.3, -0.25) is 4.79 Å². The number of anilines is 1. The van der Waals surface area contributed by atoms with Crippen molar-refractivity contribution in [2.24, 2.45) is 0 Å². The van der Waals surface area contributed by atoms with Crippen molar-refractivity contribution < 1.29 is 4.79 Å². The molecular weight excluding hydrogens is 270 g/mol. The lowest BCUT2D eigenvalue weighted by Crippen LogP contribution is -2.36. The van der Waals surface area contributed by atoms with Gasteiger partial charge < -0.3 is 4.90 Å². The van der Waals surface area contributed by atoms with Gasteiger partial charge in [0, 0.05) is 12.2 Å². The molecule has 0 atom stereocenters. The topological polar surface area (TPSA) is 20.3 Å². The van der Waals surface area contributed by atoms with Crippen LogP contribution in [-0.4, -0.2) is 12.5 Å². The molecule has 3 rings (SSSR count). The Hall–Kier alpha value is -2.09. The van der Waals surface area contributed by atoms with E-state index in [0.717, 1.165) is 30.6 Å². The maximum Gasteiger partial charge on any atom is 0.231 e. The smallest absolute Gasteiger partial charge is 0.231 e. The molecule has 0 fully saturated rings. The van der Waals surface area contributed by atoms with E-state index in [4.69, 9.17) is 0 Å². The molecule has 0 radical (unpaired) electrons. The van der Waals surface area contributed by atoms with Crippen LogP contribution in [0.25, 0.3) is 0 Å². The van der Waals surface area contributed by atoms with Crippen molar-refractivity contribution in [3.63, 3.8) is 0 Å². The maximum atomic E-state index is 12.7. The minimum absolute atomic E-state index is 0.202. The number of hydrogen-bond acceptors (Lipinski definition) is 1. The summed E-state index contributed by atoms with van der Waals surface area (Å²) in [4.78, 5) is 14.7. The summed E-state index contributed by atoms with van der Waals surface area (Å²) >= 11 is 0. The molecule has 0 saturated carbocycles. The molecule has 0 aromatic heterocycles. The Morgan fingerprint density at radius 1 is 1.05 bits per heavy atom. The summed E-state index contributed by atoms with van der Waals surface area (Å²) in [6.45, 7) is 7.14. The summed E-state index contributed by atoms with van der Waals surface area (Å²) < 4.78 is 0. The van der Waals surface area contributed by atoms with E-state index in [-0.39, 0.29) is 5.91 Å². The van der Waals surface area contributed by atoms with E-state index in [0.29, 0.717) is 6.42 Å². The van der Waals surface area contributed by atoms with Gasteiger partial charge >= 0.3 is 0 Å². The molecule has 114 valence electrons. The molecule has 2 aromatic carbocycles. The van der Waals surface area contributed by atoms with Crippen LogP contribution in [0.15, 0.2) is 36.4 Å². The standard InChI is InChI=1S/C20H23NO/c1-14-6-9-19-18(11-14)5-4-10-21(19)20(22)13-17-8-7-15(2)16(3)12-17/h6-9,11-12H,4-5,10,13H2,1-3H3. The number of carbonyl (C=O) groups excluding carboxylic acids is 1. The number of aryl methyl sites for hydroxylation is 4. The van der Waals surface area contributed by atoms with Gasteiger partial charge in [0.15, 0.2) is 0 Å². The Morgan fingerprint density at radius 3 is 2.64 bits per heavy atom. The predicted molar refractivity (Wildman–Crippen MR) is 91.5 cm³/mol. The highest BCUT2D eigenvalue weighted by Crippen LogP contribution is 2.28. The van der Waals surface area contributed by atoms with Crippen LogP contribution in [0.5, 0.6) is 0 Å². The van der Waals surface area contributed by atoms with E-state index in [1.54, 1.807) is 0 Å². The normalized spacial score (nSPS) is 13.9. The van der Waals surface area contributed by atoms with Crippen molar-refractivity contribution in [1.29, 1.82) is 0 Å². The van der Waals surface area contributed by atoms with Gasteiger partial charge in [-0.1, -0.05) is 35.9 Å². The molecule has 0 bridgehead atoms. The highest BCUT2D eigenvalue weighted by Gasteiger charge is 2.22. The number of nitrogens with zero attached hydrogens (tertiary/aromatic N) is 1. The quantitative estimate of drug-likeness (QED) is 0.815. The van der Waals surface area contributed by atoms with Crippen LogP contribution in [-0.2, 0) is 17.6 Å². The minimum atomic E-state index is 0.202. The van der Waals surface area contributed by atoms with Crippen LogP contribution in [0.4, 0.5) is 5.69 Å². The largest absolute Gasteiger partial charge is 0.312 e. The number of hydrogen-bond donors (Lipinski definition) is 0. The number of rotatable bonds is 2. The number of fused-ring (bicyclic) bond motifs is 1. The maximum absolute atomic E-state index is 12.7. The highest BCUT2D eigenvalue weighted by molar-refractivity contribution is 5.96. The third kappa shape index (κ3) is 2.92. The van der Waals surface area contributed by atoms with Gasteiger partial charge in [-0.25, -0.2) is 0 Å². The fourth-order valence-corrected chi connectivity index (χ4v) is 3.17. The molecule has 1 heterocycles. The van der Waals surface area contributed by atoms with Crippen LogP contribution in [0.1, 0.15) is 34.2 Å². The Balaban J connectivity index is 1.83. The van der Waals surface area contributed by atoms with E-state index in [1.807, 2.05) is 4.90 Å². The van der Waals surface area contributed by atoms with Crippen molar-refractivity contribution in [1.82, 2.24) is 0 Å². The number of amides is 1. The zero-order valence-electron chi connectivity index (χ0n) is 13.6.